The average molecular weight is 444 g/mol. The Hall–Kier alpha value is -3.78. The van der Waals surface area contributed by atoms with E-state index in [4.69, 9.17) is 4.98 Å². The molecule has 0 radical (unpaired) electrons. The van der Waals surface area contributed by atoms with Crippen molar-refractivity contribution in [2.75, 3.05) is 5.32 Å². The Balaban J connectivity index is 1.41. The number of hydrogen-bond acceptors (Lipinski definition) is 4. The zero-order chi connectivity index (χ0) is 21.7. The molecular weight excluding hydrogens is 425 g/mol. The van der Waals surface area contributed by atoms with Gasteiger partial charge in [-0.1, -0.05) is 30.3 Å². The van der Waals surface area contributed by atoms with Crippen molar-refractivity contribution in [3.63, 3.8) is 0 Å². The number of fused-ring (bicyclic) bond motifs is 2. The largest absolute Gasteiger partial charge is 0.304 e. The monoisotopic (exact) mass is 443 g/mol. The van der Waals surface area contributed by atoms with Crippen LogP contribution in [0.3, 0.4) is 0 Å². The summed E-state index contributed by atoms with van der Waals surface area (Å²) in [5.41, 5.74) is 4.78. The maximum atomic E-state index is 13.4. The van der Waals surface area contributed by atoms with Crippen LogP contribution in [0.4, 0.5) is 10.2 Å². The summed E-state index contributed by atoms with van der Waals surface area (Å²) in [6, 6.07) is 16.0. The lowest BCUT2D eigenvalue weighted by Gasteiger charge is -2.07. The van der Waals surface area contributed by atoms with Crippen LogP contribution in [0.1, 0.15) is 28.2 Å². The Morgan fingerprint density at radius 3 is 2.69 bits per heavy atom. The summed E-state index contributed by atoms with van der Waals surface area (Å²) in [4.78, 5) is 19.0. The van der Waals surface area contributed by atoms with Crippen LogP contribution in [0.2, 0.25) is 0 Å². The molecule has 1 aliphatic carbocycles. The molecule has 32 heavy (non-hydrogen) atoms. The Morgan fingerprint density at radius 2 is 1.88 bits per heavy atom. The summed E-state index contributed by atoms with van der Waals surface area (Å²) in [7, 11) is 0. The van der Waals surface area contributed by atoms with Gasteiger partial charge in [0.05, 0.1) is 5.69 Å². The predicted octanol–water partition coefficient (Wildman–Crippen LogP) is 5.13. The van der Waals surface area contributed by atoms with Gasteiger partial charge in [0.2, 0.25) is 0 Å². The number of carbonyl (C=O) groups excluding carboxylic acids is 1. The highest BCUT2D eigenvalue weighted by Crippen LogP contribution is 2.32. The van der Waals surface area contributed by atoms with E-state index in [9.17, 15) is 9.18 Å². The number of nitrogens with one attached hydrogen (secondary N) is 1. The summed E-state index contributed by atoms with van der Waals surface area (Å²) in [6.45, 7) is 0. The average Bonchev–Trinajstić information content (AvgIpc) is 3.57. The van der Waals surface area contributed by atoms with E-state index in [0.717, 1.165) is 52.4 Å². The first-order valence-corrected chi connectivity index (χ1v) is 11.3. The van der Waals surface area contributed by atoms with E-state index >= 15 is 0 Å². The van der Waals surface area contributed by atoms with E-state index in [1.165, 1.54) is 23.5 Å². The number of amides is 1. The predicted molar refractivity (Wildman–Crippen MR) is 122 cm³/mol. The molecule has 0 spiro atoms. The molecular formula is C24H18FN5OS. The lowest BCUT2D eigenvalue weighted by Crippen LogP contribution is -2.16. The molecule has 2 aromatic carbocycles. The molecule has 6 nitrogen and oxygen atoms in total. The van der Waals surface area contributed by atoms with Crippen LogP contribution >= 0.6 is 11.3 Å². The number of hydrogen-bond donors (Lipinski definition) is 1. The molecule has 0 unspecified atom stereocenters. The molecule has 6 rings (SSSR count). The number of aromatic nitrogens is 4. The molecule has 1 aliphatic rings. The Labute approximate surface area is 187 Å². The SMILES string of the molecule is O=C(Nc1c(-c2ccccc2)nc2sccn12)c1nn(-c2ccc(F)cc2)c2c1CCC2. The van der Waals surface area contributed by atoms with Gasteiger partial charge in [-0.05, 0) is 43.5 Å². The second-order valence-corrected chi connectivity index (χ2v) is 8.57. The minimum absolute atomic E-state index is 0.269. The topological polar surface area (TPSA) is 64.2 Å². The van der Waals surface area contributed by atoms with Gasteiger partial charge in [0, 0.05) is 28.4 Å². The van der Waals surface area contributed by atoms with E-state index in [1.807, 2.05) is 46.3 Å². The highest BCUT2D eigenvalue weighted by molar-refractivity contribution is 7.15. The lowest BCUT2D eigenvalue weighted by molar-refractivity contribution is 0.102. The molecule has 0 atom stereocenters. The van der Waals surface area contributed by atoms with Gasteiger partial charge in [-0.3, -0.25) is 9.20 Å². The summed E-state index contributed by atoms with van der Waals surface area (Å²) < 4.78 is 17.1. The molecule has 0 fully saturated rings. The molecule has 1 N–H and O–H groups in total. The lowest BCUT2D eigenvalue weighted by atomic mass is 10.1. The van der Waals surface area contributed by atoms with Crippen molar-refractivity contribution in [2.24, 2.45) is 0 Å². The van der Waals surface area contributed by atoms with Crippen LogP contribution in [0, 0.1) is 5.82 Å². The minimum Gasteiger partial charge on any atom is -0.304 e. The number of halogens is 1. The molecule has 8 heteroatoms. The van der Waals surface area contributed by atoms with Gasteiger partial charge in [0.15, 0.2) is 10.7 Å². The Morgan fingerprint density at radius 1 is 1.06 bits per heavy atom. The zero-order valence-corrected chi connectivity index (χ0v) is 17.8. The fourth-order valence-electron chi connectivity index (χ4n) is 4.28. The van der Waals surface area contributed by atoms with E-state index < -0.39 is 0 Å². The number of carbonyl (C=O) groups is 1. The molecule has 3 aromatic heterocycles. The van der Waals surface area contributed by atoms with Crippen molar-refractivity contribution in [3.05, 3.63) is 88.9 Å². The van der Waals surface area contributed by atoms with Crippen LogP contribution in [0.5, 0.6) is 0 Å². The van der Waals surface area contributed by atoms with Crippen molar-refractivity contribution >= 4 is 28.0 Å². The second kappa shape index (κ2) is 7.42. The van der Waals surface area contributed by atoms with Crippen molar-refractivity contribution < 1.29 is 9.18 Å². The van der Waals surface area contributed by atoms with Crippen LogP contribution in [0.15, 0.2) is 66.2 Å². The third kappa shape index (κ3) is 3.03. The first kappa shape index (κ1) is 18.9. The van der Waals surface area contributed by atoms with Crippen molar-refractivity contribution in [1.82, 2.24) is 19.2 Å². The normalized spacial score (nSPS) is 12.9. The van der Waals surface area contributed by atoms with Gasteiger partial charge in [0.1, 0.15) is 17.3 Å². The van der Waals surface area contributed by atoms with Crippen LogP contribution < -0.4 is 5.32 Å². The number of nitrogens with zero attached hydrogens (tertiary/aromatic N) is 4. The smallest absolute Gasteiger partial charge is 0.277 e. The van der Waals surface area contributed by atoms with E-state index in [-0.39, 0.29) is 11.7 Å². The molecule has 1 amide bonds. The van der Waals surface area contributed by atoms with Crippen LogP contribution in [-0.2, 0) is 12.8 Å². The molecule has 0 saturated heterocycles. The Bertz CT molecular complexity index is 1450. The summed E-state index contributed by atoms with van der Waals surface area (Å²) >= 11 is 1.51. The third-order valence-electron chi connectivity index (χ3n) is 5.76. The third-order valence-corrected chi connectivity index (χ3v) is 6.51. The number of imidazole rings is 1. The van der Waals surface area contributed by atoms with Crippen molar-refractivity contribution in [2.45, 2.75) is 19.3 Å². The van der Waals surface area contributed by atoms with E-state index in [0.29, 0.717) is 11.5 Å². The number of anilines is 1. The first-order chi connectivity index (χ1) is 15.7. The highest BCUT2D eigenvalue weighted by Gasteiger charge is 2.28. The number of rotatable bonds is 4. The van der Waals surface area contributed by atoms with Gasteiger partial charge in [-0.15, -0.1) is 11.3 Å². The number of thiazole rings is 1. The molecule has 0 aliphatic heterocycles. The quantitative estimate of drug-likeness (QED) is 0.419. The van der Waals surface area contributed by atoms with Gasteiger partial charge < -0.3 is 5.32 Å². The van der Waals surface area contributed by atoms with Crippen LogP contribution in [0.25, 0.3) is 21.9 Å². The van der Waals surface area contributed by atoms with Gasteiger partial charge >= 0.3 is 0 Å². The maximum absolute atomic E-state index is 13.4. The Kier molecular flexibility index (Phi) is 4.39. The zero-order valence-electron chi connectivity index (χ0n) is 17.0. The maximum Gasteiger partial charge on any atom is 0.277 e. The van der Waals surface area contributed by atoms with Crippen molar-refractivity contribution in [3.8, 4) is 16.9 Å². The van der Waals surface area contributed by atoms with Crippen molar-refractivity contribution in [1.29, 1.82) is 0 Å². The van der Waals surface area contributed by atoms with E-state index in [1.54, 1.807) is 16.8 Å². The molecule has 5 aromatic rings. The summed E-state index contributed by atoms with van der Waals surface area (Å²) in [6.07, 6.45) is 4.50. The molecule has 0 saturated carbocycles. The minimum atomic E-state index is -0.301. The number of benzene rings is 2. The fourth-order valence-corrected chi connectivity index (χ4v) is 5.00. The summed E-state index contributed by atoms with van der Waals surface area (Å²) in [5.74, 6) is 0.0548. The van der Waals surface area contributed by atoms with Gasteiger partial charge in [-0.2, -0.15) is 5.10 Å². The van der Waals surface area contributed by atoms with E-state index in [2.05, 4.69) is 10.4 Å². The molecule has 3 heterocycles. The summed E-state index contributed by atoms with van der Waals surface area (Å²) in [5, 5.41) is 9.65. The second-order valence-electron chi connectivity index (χ2n) is 7.70. The fraction of sp³-hybridized carbons (Fsp3) is 0.125. The van der Waals surface area contributed by atoms with Gasteiger partial charge in [0.25, 0.3) is 5.91 Å². The van der Waals surface area contributed by atoms with Gasteiger partial charge in [-0.25, -0.2) is 14.1 Å². The highest BCUT2D eigenvalue weighted by atomic mass is 32.1. The molecule has 158 valence electrons. The first-order valence-electron chi connectivity index (χ1n) is 10.4. The molecule has 0 bridgehead atoms. The standard InChI is InChI=1S/C24H18FN5OS/c25-16-9-11-17(12-10-16)30-19-8-4-7-18(19)21(28-30)23(31)27-22-20(15-5-2-1-3-6-15)26-24-29(22)13-14-32-24/h1-3,5-6,9-14H,4,7-8H2,(H,27,31). The van der Waals surface area contributed by atoms with Crippen LogP contribution in [-0.4, -0.2) is 25.1 Å².